The van der Waals surface area contributed by atoms with Gasteiger partial charge in [0.2, 0.25) is 0 Å². The summed E-state index contributed by atoms with van der Waals surface area (Å²) < 4.78 is 0. The fraction of sp³-hybridized carbons (Fsp3) is 0. The van der Waals surface area contributed by atoms with E-state index in [4.69, 9.17) is 5.84 Å². The Labute approximate surface area is 62.2 Å². The number of nitrogens with two attached hydrogens (primary N) is 1. The molecule has 0 amide bonds. The van der Waals surface area contributed by atoms with E-state index in [1.54, 1.807) is 18.7 Å². The summed E-state index contributed by atoms with van der Waals surface area (Å²) in [7, 11) is 0. The van der Waals surface area contributed by atoms with Gasteiger partial charge in [-0.25, -0.2) is 4.98 Å². The Kier molecular flexibility index (Phi) is 2.61. The molecule has 0 bridgehead atoms. The first-order valence-electron chi connectivity index (χ1n) is 2.80. The molecule has 0 fully saturated rings. The van der Waals surface area contributed by atoms with E-state index < -0.39 is 0 Å². The van der Waals surface area contributed by atoms with Crippen molar-refractivity contribution in [3.8, 4) is 0 Å². The minimum atomic E-state index is 1.03. The number of rotatable bonds is 0. The minimum Gasteiger partial charge on any atom is -0.351 e. The lowest BCUT2D eigenvalue weighted by molar-refractivity contribution is 0.756. The van der Waals surface area contributed by atoms with Crippen LogP contribution in [0, 0.1) is 0 Å². The molecule has 2 aromatic rings. The lowest BCUT2D eigenvalue weighted by Crippen LogP contribution is -2.07. The van der Waals surface area contributed by atoms with Gasteiger partial charge in [0.05, 0.1) is 6.33 Å². The van der Waals surface area contributed by atoms with Gasteiger partial charge in [0, 0.05) is 12.4 Å². The third-order valence-corrected chi connectivity index (χ3v) is 0.771. The third-order valence-electron chi connectivity index (χ3n) is 0.771. The number of imidazole rings is 1. The smallest absolute Gasteiger partial charge is 0.161 e. The number of nitrogens with zero attached hydrogens (tertiary/aromatic N) is 5. The normalized spacial score (nSPS) is 8.36. The highest BCUT2D eigenvalue weighted by Gasteiger charge is 1.73. The van der Waals surface area contributed by atoms with Crippen LogP contribution in [-0.2, 0) is 0 Å². The maximum Gasteiger partial charge on any atom is 0.161 e. The van der Waals surface area contributed by atoms with E-state index in [-0.39, 0.29) is 0 Å². The van der Waals surface area contributed by atoms with Crippen LogP contribution in [0.4, 0.5) is 0 Å². The van der Waals surface area contributed by atoms with Gasteiger partial charge in [0.25, 0.3) is 0 Å². The van der Waals surface area contributed by atoms with Crippen molar-refractivity contribution in [2.75, 3.05) is 5.84 Å². The number of aromatic amines is 1. The minimum absolute atomic E-state index is 1.03. The van der Waals surface area contributed by atoms with Crippen LogP contribution < -0.4 is 5.84 Å². The van der Waals surface area contributed by atoms with E-state index in [9.17, 15) is 0 Å². The van der Waals surface area contributed by atoms with Crippen LogP contribution in [-0.4, -0.2) is 30.3 Å². The highest BCUT2D eigenvalue weighted by atomic mass is 15.6. The molecule has 0 aliphatic rings. The Hall–Kier alpha value is -1.92. The number of H-pyrrole nitrogens is 1. The molecule has 0 unspecified atom stereocenters. The predicted octanol–water partition coefficient (Wildman–Crippen LogP) is -1.20. The van der Waals surface area contributed by atoms with Crippen LogP contribution in [0.5, 0.6) is 0 Å². The zero-order valence-electron chi connectivity index (χ0n) is 5.62. The van der Waals surface area contributed by atoms with E-state index in [2.05, 4.69) is 25.5 Å². The Morgan fingerprint density at radius 1 is 1.45 bits per heavy atom. The number of tetrazole rings is 1. The third kappa shape index (κ3) is 2.94. The van der Waals surface area contributed by atoms with Crippen molar-refractivity contribution in [2.45, 2.75) is 0 Å². The van der Waals surface area contributed by atoms with E-state index >= 15 is 0 Å². The molecule has 0 spiro atoms. The summed E-state index contributed by atoms with van der Waals surface area (Å²) in [4.78, 5) is 7.44. The van der Waals surface area contributed by atoms with Crippen LogP contribution in [0.3, 0.4) is 0 Å². The van der Waals surface area contributed by atoms with Crippen LogP contribution in [0.15, 0.2) is 25.0 Å². The fourth-order valence-corrected chi connectivity index (χ4v) is 0.384. The Morgan fingerprint density at radius 2 is 2.36 bits per heavy atom. The maximum atomic E-state index is 4.96. The van der Waals surface area contributed by atoms with Gasteiger partial charge < -0.3 is 10.8 Å². The molecule has 0 saturated carbocycles. The molecule has 0 aromatic carbocycles. The van der Waals surface area contributed by atoms with Crippen molar-refractivity contribution >= 4 is 0 Å². The van der Waals surface area contributed by atoms with Crippen molar-refractivity contribution in [1.82, 2.24) is 30.3 Å². The first-order valence-corrected chi connectivity index (χ1v) is 2.80. The number of nitrogen functional groups attached to an aromatic ring is 1. The molecule has 58 valence electrons. The van der Waals surface area contributed by atoms with Crippen LogP contribution >= 0.6 is 0 Å². The molecular formula is C4H7N7. The topological polar surface area (TPSA) is 98.3 Å². The molecular weight excluding hydrogens is 146 g/mol. The van der Waals surface area contributed by atoms with Gasteiger partial charge in [-0.15, -0.1) is 9.89 Å². The van der Waals surface area contributed by atoms with E-state index in [0.717, 1.165) is 4.79 Å². The summed E-state index contributed by atoms with van der Waals surface area (Å²) >= 11 is 0. The number of hydrogen-bond acceptors (Lipinski definition) is 5. The first kappa shape index (κ1) is 7.19. The van der Waals surface area contributed by atoms with E-state index in [0.29, 0.717) is 0 Å². The van der Waals surface area contributed by atoms with Gasteiger partial charge in [-0.3, -0.25) is 0 Å². The zero-order chi connectivity index (χ0) is 7.94. The van der Waals surface area contributed by atoms with Gasteiger partial charge in [-0.2, -0.15) is 0 Å². The first-order chi connectivity index (χ1) is 5.39. The van der Waals surface area contributed by atoms with Crippen molar-refractivity contribution in [3.05, 3.63) is 25.0 Å². The van der Waals surface area contributed by atoms with Gasteiger partial charge in [0.15, 0.2) is 6.33 Å². The van der Waals surface area contributed by atoms with Crippen molar-refractivity contribution in [2.24, 2.45) is 0 Å². The van der Waals surface area contributed by atoms with E-state index in [1.807, 2.05) is 0 Å². The summed E-state index contributed by atoms with van der Waals surface area (Å²) in [5.41, 5.74) is 0. The average Bonchev–Trinajstić information content (AvgIpc) is 2.57. The second-order valence-corrected chi connectivity index (χ2v) is 1.55. The standard InChI is InChI=1S/C3H4N2.CH3N5/c1-2-5-3-4-1;2-6-1-3-4-5-6/h1-3H,(H,4,5);1H,2H2. The molecule has 7 heteroatoms. The maximum absolute atomic E-state index is 4.96. The summed E-state index contributed by atoms with van der Waals surface area (Å²) in [6, 6.07) is 0. The molecule has 0 atom stereocenters. The molecule has 2 heterocycles. The van der Waals surface area contributed by atoms with Gasteiger partial charge >= 0.3 is 0 Å². The second-order valence-electron chi connectivity index (χ2n) is 1.55. The molecule has 11 heavy (non-hydrogen) atoms. The van der Waals surface area contributed by atoms with Crippen LogP contribution in [0.2, 0.25) is 0 Å². The molecule has 7 nitrogen and oxygen atoms in total. The SMILES string of the molecule is Nn1cnnn1.c1c[nH]cn1. The Morgan fingerprint density at radius 3 is 2.55 bits per heavy atom. The zero-order valence-corrected chi connectivity index (χ0v) is 5.62. The number of nitrogens with one attached hydrogen (secondary N) is 1. The Bertz CT molecular complexity index is 229. The summed E-state index contributed by atoms with van der Waals surface area (Å²) in [6.45, 7) is 0. The lowest BCUT2D eigenvalue weighted by atomic mass is 11.0. The van der Waals surface area contributed by atoms with E-state index in [1.165, 1.54) is 6.33 Å². The molecule has 0 aliphatic heterocycles. The molecule has 2 rings (SSSR count). The summed E-state index contributed by atoms with van der Waals surface area (Å²) in [5, 5.41) is 9.71. The van der Waals surface area contributed by atoms with Gasteiger partial charge in [-0.1, -0.05) is 0 Å². The predicted molar refractivity (Wildman–Crippen MR) is 36.6 cm³/mol. The molecule has 0 saturated heterocycles. The molecule has 0 aliphatic carbocycles. The van der Waals surface area contributed by atoms with Gasteiger partial charge in [-0.05, 0) is 10.4 Å². The molecule has 0 radical (unpaired) electrons. The Balaban J connectivity index is 0.000000112. The van der Waals surface area contributed by atoms with Crippen molar-refractivity contribution in [3.63, 3.8) is 0 Å². The lowest BCUT2D eigenvalue weighted by Gasteiger charge is -1.73. The van der Waals surface area contributed by atoms with Crippen LogP contribution in [0.1, 0.15) is 0 Å². The quantitative estimate of drug-likeness (QED) is 0.463. The number of aromatic nitrogens is 6. The highest BCUT2D eigenvalue weighted by molar-refractivity contribution is 4.64. The molecule has 2 aromatic heterocycles. The van der Waals surface area contributed by atoms with Gasteiger partial charge in [0.1, 0.15) is 0 Å². The molecule has 3 N–H and O–H groups in total. The summed E-state index contributed by atoms with van der Waals surface area (Å²) in [5.74, 6) is 4.96. The largest absolute Gasteiger partial charge is 0.351 e. The van der Waals surface area contributed by atoms with Crippen LogP contribution in [0.25, 0.3) is 0 Å². The monoisotopic (exact) mass is 153 g/mol. The average molecular weight is 153 g/mol. The fourth-order valence-electron chi connectivity index (χ4n) is 0.384. The number of hydrogen-bond donors (Lipinski definition) is 2. The second kappa shape index (κ2) is 3.99. The highest BCUT2D eigenvalue weighted by Crippen LogP contribution is 1.62. The van der Waals surface area contributed by atoms with Crippen molar-refractivity contribution in [1.29, 1.82) is 0 Å². The van der Waals surface area contributed by atoms with Crippen molar-refractivity contribution < 1.29 is 0 Å². The summed E-state index contributed by atoms with van der Waals surface area (Å²) in [6.07, 6.45) is 6.39.